The van der Waals surface area contributed by atoms with Crippen molar-refractivity contribution in [2.24, 2.45) is 35.5 Å². The summed E-state index contributed by atoms with van der Waals surface area (Å²) >= 11 is 0. The van der Waals surface area contributed by atoms with Gasteiger partial charge in [-0.15, -0.1) is 0 Å². The van der Waals surface area contributed by atoms with E-state index in [-0.39, 0.29) is 17.7 Å². The fourth-order valence-corrected chi connectivity index (χ4v) is 4.71. The van der Waals surface area contributed by atoms with Crippen LogP contribution in [-0.2, 0) is 9.59 Å². The van der Waals surface area contributed by atoms with Gasteiger partial charge in [-0.3, -0.25) is 9.59 Å². The quantitative estimate of drug-likeness (QED) is 0.802. The van der Waals surface area contributed by atoms with Crippen molar-refractivity contribution in [1.29, 1.82) is 0 Å². The van der Waals surface area contributed by atoms with Gasteiger partial charge in [0.15, 0.2) is 11.5 Å². The second kappa shape index (κ2) is 5.79. The van der Waals surface area contributed by atoms with E-state index in [4.69, 9.17) is 9.47 Å². The standard InChI is InChI=1S/C19H21NO5/c1-24-14-6-3-9(7-15(14)25-2)20-18(21)16-10-4-5-11(13-8-12(10)13)17(16)19(22)23/h3-7,10-13,16-17H,8H2,1-2H3,(H,20,21)(H,22,23)/t10-,11-,12-,13-,16+,17+/m1/s1. The van der Waals surface area contributed by atoms with E-state index in [1.807, 2.05) is 6.08 Å². The fourth-order valence-electron chi connectivity index (χ4n) is 4.71. The number of nitrogens with one attached hydrogen (secondary N) is 1. The lowest BCUT2D eigenvalue weighted by Gasteiger charge is -2.41. The second-order valence-corrected chi connectivity index (χ2v) is 7.05. The number of aliphatic carboxylic acids is 1. The van der Waals surface area contributed by atoms with Gasteiger partial charge in [-0.05, 0) is 42.2 Å². The van der Waals surface area contributed by atoms with E-state index in [0.717, 1.165) is 6.42 Å². The number of amides is 1. The number of hydrogen-bond acceptors (Lipinski definition) is 4. The van der Waals surface area contributed by atoms with E-state index in [1.165, 1.54) is 7.11 Å². The molecule has 6 nitrogen and oxygen atoms in total. The lowest BCUT2D eigenvalue weighted by atomic mass is 9.62. The maximum Gasteiger partial charge on any atom is 0.307 e. The van der Waals surface area contributed by atoms with Crippen molar-refractivity contribution >= 4 is 17.6 Å². The van der Waals surface area contributed by atoms with Gasteiger partial charge in [0.05, 0.1) is 26.1 Å². The average Bonchev–Trinajstić information content (AvgIpc) is 3.43. The highest BCUT2D eigenvalue weighted by molar-refractivity contribution is 5.96. The number of rotatable bonds is 5. The fraction of sp³-hybridized carbons (Fsp3) is 0.474. The van der Waals surface area contributed by atoms with Crippen LogP contribution in [0.2, 0.25) is 0 Å². The summed E-state index contributed by atoms with van der Waals surface area (Å²) in [6, 6.07) is 5.13. The third-order valence-electron chi connectivity index (χ3n) is 5.89. The Bertz CT molecular complexity index is 758. The average molecular weight is 343 g/mol. The van der Waals surface area contributed by atoms with Crippen LogP contribution >= 0.6 is 0 Å². The van der Waals surface area contributed by atoms with Gasteiger partial charge in [0.2, 0.25) is 5.91 Å². The van der Waals surface area contributed by atoms with E-state index in [2.05, 4.69) is 11.4 Å². The highest BCUT2D eigenvalue weighted by Gasteiger charge is 2.62. The Hall–Kier alpha value is -2.50. The molecule has 132 valence electrons. The SMILES string of the molecule is COc1ccc(NC(=O)[C@H]2[C@@H]3C=C[C@H]([C@H]4C[C@H]34)[C@@H]2C(=O)O)cc1OC. The summed E-state index contributed by atoms with van der Waals surface area (Å²) in [5.41, 5.74) is 0.574. The number of allylic oxidation sites excluding steroid dienone is 2. The molecular weight excluding hydrogens is 322 g/mol. The molecule has 5 rings (SSSR count). The largest absolute Gasteiger partial charge is 0.493 e. The first-order valence-corrected chi connectivity index (χ1v) is 8.49. The molecule has 2 N–H and O–H groups in total. The highest BCUT2D eigenvalue weighted by Crippen LogP contribution is 2.63. The van der Waals surface area contributed by atoms with Crippen LogP contribution in [0.4, 0.5) is 5.69 Å². The number of methoxy groups -OCH3 is 2. The van der Waals surface area contributed by atoms with Crippen LogP contribution in [0.5, 0.6) is 11.5 Å². The Morgan fingerprint density at radius 3 is 2.28 bits per heavy atom. The number of hydrogen-bond donors (Lipinski definition) is 2. The summed E-state index contributed by atoms with van der Waals surface area (Å²) in [4.78, 5) is 24.7. The van der Waals surface area contributed by atoms with Gasteiger partial charge in [0, 0.05) is 11.8 Å². The predicted octanol–water partition coefficient (Wildman–Crippen LogP) is 2.41. The predicted molar refractivity (Wildman–Crippen MR) is 90.5 cm³/mol. The third kappa shape index (κ3) is 2.47. The van der Waals surface area contributed by atoms with E-state index in [1.54, 1.807) is 25.3 Å². The molecule has 4 aliphatic rings. The first-order valence-electron chi connectivity index (χ1n) is 8.49. The number of ether oxygens (including phenoxy) is 2. The molecule has 0 aromatic heterocycles. The minimum absolute atomic E-state index is 0.0198. The van der Waals surface area contributed by atoms with Crippen molar-refractivity contribution in [2.45, 2.75) is 6.42 Å². The van der Waals surface area contributed by atoms with Crippen LogP contribution in [0, 0.1) is 35.5 Å². The first kappa shape index (κ1) is 16.0. The van der Waals surface area contributed by atoms with Gasteiger partial charge in [0.1, 0.15) is 0 Å². The van der Waals surface area contributed by atoms with Crippen molar-refractivity contribution in [3.8, 4) is 11.5 Å². The highest BCUT2D eigenvalue weighted by atomic mass is 16.5. The zero-order valence-electron chi connectivity index (χ0n) is 14.1. The van der Waals surface area contributed by atoms with Crippen molar-refractivity contribution in [3.05, 3.63) is 30.4 Å². The lowest BCUT2D eigenvalue weighted by molar-refractivity contribution is -0.152. The molecule has 25 heavy (non-hydrogen) atoms. The molecule has 2 bridgehead atoms. The molecule has 2 fully saturated rings. The molecule has 0 unspecified atom stereocenters. The van der Waals surface area contributed by atoms with Crippen LogP contribution in [0.25, 0.3) is 0 Å². The summed E-state index contributed by atoms with van der Waals surface area (Å²) in [5, 5.41) is 12.6. The summed E-state index contributed by atoms with van der Waals surface area (Å²) < 4.78 is 10.5. The van der Waals surface area contributed by atoms with Crippen molar-refractivity contribution < 1.29 is 24.2 Å². The molecular formula is C19H21NO5. The molecule has 6 atom stereocenters. The normalized spacial score (nSPS) is 34.2. The van der Waals surface area contributed by atoms with Crippen LogP contribution in [-0.4, -0.2) is 31.2 Å². The van der Waals surface area contributed by atoms with E-state index in [9.17, 15) is 14.7 Å². The molecule has 1 aromatic rings. The summed E-state index contributed by atoms with van der Waals surface area (Å²) in [6.07, 6.45) is 5.10. The Morgan fingerprint density at radius 2 is 1.68 bits per heavy atom. The number of fused-ring (bicyclic) bond motifs is 1. The monoisotopic (exact) mass is 343 g/mol. The minimum Gasteiger partial charge on any atom is -0.493 e. The zero-order chi connectivity index (χ0) is 17.7. The Labute approximate surface area is 145 Å². The van der Waals surface area contributed by atoms with Crippen LogP contribution in [0.1, 0.15) is 6.42 Å². The topological polar surface area (TPSA) is 84.9 Å². The van der Waals surface area contributed by atoms with Crippen molar-refractivity contribution in [2.75, 3.05) is 19.5 Å². The molecule has 1 amide bonds. The van der Waals surface area contributed by atoms with Gasteiger partial charge < -0.3 is 19.9 Å². The maximum atomic E-state index is 12.9. The number of carbonyl (C=O) groups excluding carboxylic acids is 1. The van der Waals surface area contributed by atoms with Gasteiger partial charge in [0.25, 0.3) is 0 Å². The first-order chi connectivity index (χ1) is 12.0. The Balaban J connectivity index is 1.58. The zero-order valence-corrected chi connectivity index (χ0v) is 14.1. The minimum atomic E-state index is -0.878. The number of carboxylic acids is 1. The van der Waals surface area contributed by atoms with Crippen LogP contribution in [0.3, 0.4) is 0 Å². The lowest BCUT2D eigenvalue weighted by Crippen LogP contribution is -2.48. The molecule has 0 spiro atoms. The summed E-state index contributed by atoms with van der Waals surface area (Å²) in [5.74, 6) is -0.269. The molecule has 6 heteroatoms. The van der Waals surface area contributed by atoms with Gasteiger partial charge in [-0.2, -0.15) is 0 Å². The van der Waals surface area contributed by atoms with Crippen molar-refractivity contribution in [3.63, 3.8) is 0 Å². The molecule has 0 aliphatic heterocycles. The van der Waals surface area contributed by atoms with Gasteiger partial charge in [-0.1, -0.05) is 12.2 Å². The van der Waals surface area contributed by atoms with E-state index >= 15 is 0 Å². The molecule has 4 aliphatic carbocycles. The maximum absolute atomic E-state index is 12.9. The number of carboxylic acid groups (broad SMARTS) is 1. The van der Waals surface area contributed by atoms with Crippen molar-refractivity contribution in [1.82, 2.24) is 0 Å². The summed E-state index contributed by atoms with van der Waals surface area (Å²) in [7, 11) is 3.08. The Kier molecular flexibility index (Phi) is 3.71. The Morgan fingerprint density at radius 1 is 1.04 bits per heavy atom. The molecule has 0 saturated heterocycles. The smallest absolute Gasteiger partial charge is 0.307 e. The van der Waals surface area contributed by atoms with E-state index in [0.29, 0.717) is 29.0 Å². The van der Waals surface area contributed by atoms with E-state index < -0.39 is 17.8 Å². The molecule has 2 saturated carbocycles. The van der Waals surface area contributed by atoms with Crippen LogP contribution < -0.4 is 14.8 Å². The third-order valence-corrected chi connectivity index (χ3v) is 5.89. The summed E-state index contributed by atoms with van der Waals surface area (Å²) in [6.45, 7) is 0. The van der Waals surface area contributed by atoms with Gasteiger partial charge in [-0.25, -0.2) is 0 Å². The molecule has 1 aromatic carbocycles. The number of carbonyl (C=O) groups is 2. The second-order valence-electron chi connectivity index (χ2n) is 7.05. The van der Waals surface area contributed by atoms with Crippen LogP contribution in [0.15, 0.2) is 30.4 Å². The molecule has 0 heterocycles. The molecule has 0 radical (unpaired) electrons. The number of benzene rings is 1. The van der Waals surface area contributed by atoms with Gasteiger partial charge >= 0.3 is 5.97 Å². The number of anilines is 1.